The van der Waals surface area contributed by atoms with E-state index in [0.717, 1.165) is 29.7 Å². The monoisotopic (exact) mass is 408 g/mol. The highest BCUT2D eigenvalue weighted by Crippen LogP contribution is 2.45. The Bertz CT molecular complexity index is 1040. The van der Waals surface area contributed by atoms with Crippen LogP contribution in [0.25, 0.3) is 0 Å². The number of rotatable bonds is 4. The predicted molar refractivity (Wildman–Crippen MR) is 110 cm³/mol. The Morgan fingerprint density at radius 2 is 1.86 bits per heavy atom. The third kappa shape index (κ3) is 3.17. The van der Waals surface area contributed by atoms with Gasteiger partial charge in [0.1, 0.15) is 12.1 Å². The molecule has 0 unspecified atom stereocenters. The first-order chi connectivity index (χ1) is 14.2. The number of hydrogen-bond acceptors (Lipinski definition) is 4. The standard InChI is InChI=1S/C22H21ClN4O2/c1-29-16-10-8-14(9-11-16)19-12-20(17-4-2-3-5-18(17)23)27-22(24-13-25-27)26(19)21(28)15-6-7-15/h2-5,8-11,13,15,19-20H,6-7,12H2,1H3/t19-,20-/m1/s1. The van der Waals surface area contributed by atoms with Crippen LogP contribution in [0, 0.1) is 5.92 Å². The lowest BCUT2D eigenvalue weighted by Crippen LogP contribution is -2.43. The van der Waals surface area contributed by atoms with Gasteiger partial charge >= 0.3 is 0 Å². The van der Waals surface area contributed by atoms with Crippen molar-refractivity contribution in [1.82, 2.24) is 14.8 Å². The van der Waals surface area contributed by atoms with E-state index in [9.17, 15) is 4.79 Å². The summed E-state index contributed by atoms with van der Waals surface area (Å²) >= 11 is 6.53. The lowest BCUT2D eigenvalue weighted by Gasteiger charge is -2.39. The number of carbonyl (C=O) groups is 1. The normalized spacial score (nSPS) is 21.0. The van der Waals surface area contributed by atoms with Crippen molar-refractivity contribution in [2.45, 2.75) is 31.3 Å². The van der Waals surface area contributed by atoms with E-state index < -0.39 is 0 Å². The van der Waals surface area contributed by atoms with Crippen LogP contribution in [0.3, 0.4) is 0 Å². The van der Waals surface area contributed by atoms with Gasteiger partial charge in [-0.3, -0.25) is 9.69 Å². The number of amides is 1. The summed E-state index contributed by atoms with van der Waals surface area (Å²) in [6.07, 6.45) is 4.06. The van der Waals surface area contributed by atoms with Crippen LogP contribution in [0.1, 0.15) is 42.5 Å². The number of anilines is 1. The number of halogens is 1. The third-order valence-electron chi connectivity index (χ3n) is 5.75. The molecule has 2 atom stereocenters. The lowest BCUT2D eigenvalue weighted by atomic mass is 9.91. The van der Waals surface area contributed by atoms with Crippen molar-refractivity contribution in [3.8, 4) is 5.75 Å². The lowest BCUT2D eigenvalue weighted by molar-refractivity contribution is -0.120. The minimum absolute atomic E-state index is 0.0813. The van der Waals surface area contributed by atoms with Crippen LogP contribution in [0.4, 0.5) is 5.95 Å². The molecule has 0 saturated heterocycles. The largest absolute Gasteiger partial charge is 0.497 e. The topological polar surface area (TPSA) is 60.2 Å². The zero-order chi connectivity index (χ0) is 20.0. The van der Waals surface area contributed by atoms with Crippen molar-refractivity contribution >= 4 is 23.5 Å². The van der Waals surface area contributed by atoms with Gasteiger partial charge in [0.05, 0.1) is 19.2 Å². The van der Waals surface area contributed by atoms with Gasteiger partial charge in [-0.2, -0.15) is 10.1 Å². The Balaban J connectivity index is 1.62. The molecule has 0 radical (unpaired) electrons. The number of aromatic nitrogens is 3. The zero-order valence-corrected chi connectivity index (χ0v) is 16.8. The summed E-state index contributed by atoms with van der Waals surface area (Å²) in [4.78, 5) is 19.5. The fourth-order valence-electron chi connectivity index (χ4n) is 4.09. The molecule has 1 saturated carbocycles. The smallest absolute Gasteiger partial charge is 0.233 e. The predicted octanol–water partition coefficient (Wildman–Crippen LogP) is 4.42. The summed E-state index contributed by atoms with van der Waals surface area (Å²) < 4.78 is 7.14. The van der Waals surface area contributed by atoms with E-state index in [4.69, 9.17) is 16.3 Å². The number of ether oxygens (including phenoxy) is 1. The fourth-order valence-corrected chi connectivity index (χ4v) is 4.35. The van der Waals surface area contributed by atoms with Gasteiger partial charge in [0.2, 0.25) is 11.9 Å². The van der Waals surface area contributed by atoms with Crippen molar-refractivity contribution in [2.75, 3.05) is 12.0 Å². The molecule has 0 spiro atoms. The van der Waals surface area contributed by atoms with Gasteiger partial charge in [0.15, 0.2) is 0 Å². The van der Waals surface area contributed by atoms with Crippen LogP contribution >= 0.6 is 11.6 Å². The molecule has 2 aromatic carbocycles. The van der Waals surface area contributed by atoms with E-state index in [-0.39, 0.29) is 23.9 Å². The maximum absolute atomic E-state index is 13.2. The van der Waals surface area contributed by atoms with Crippen molar-refractivity contribution in [2.24, 2.45) is 5.92 Å². The first kappa shape index (κ1) is 18.2. The number of fused-ring (bicyclic) bond motifs is 1. The Labute approximate surface area is 174 Å². The molecule has 2 heterocycles. The van der Waals surface area contributed by atoms with Crippen molar-refractivity contribution in [3.05, 3.63) is 71.0 Å². The quantitative estimate of drug-likeness (QED) is 0.641. The molecule has 5 rings (SSSR count). The highest BCUT2D eigenvalue weighted by Gasteiger charge is 2.44. The molecule has 3 aromatic rings. The Morgan fingerprint density at radius 3 is 2.55 bits per heavy atom. The third-order valence-corrected chi connectivity index (χ3v) is 6.10. The van der Waals surface area contributed by atoms with E-state index in [1.807, 2.05) is 58.1 Å². The molecule has 1 aromatic heterocycles. The molecule has 1 aliphatic carbocycles. The number of methoxy groups -OCH3 is 1. The van der Waals surface area contributed by atoms with E-state index in [0.29, 0.717) is 17.4 Å². The Morgan fingerprint density at radius 1 is 1.10 bits per heavy atom. The minimum atomic E-state index is -0.146. The summed E-state index contributed by atoms with van der Waals surface area (Å²) in [6.45, 7) is 0. The van der Waals surface area contributed by atoms with Crippen molar-refractivity contribution in [3.63, 3.8) is 0 Å². The maximum atomic E-state index is 13.2. The maximum Gasteiger partial charge on any atom is 0.233 e. The van der Waals surface area contributed by atoms with E-state index in [1.54, 1.807) is 7.11 Å². The summed E-state index contributed by atoms with van der Waals surface area (Å²) in [5.41, 5.74) is 2.03. The second kappa shape index (κ2) is 7.19. The first-order valence-electron chi connectivity index (χ1n) is 9.78. The average molecular weight is 409 g/mol. The van der Waals surface area contributed by atoms with Crippen LogP contribution in [0.2, 0.25) is 5.02 Å². The van der Waals surface area contributed by atoms with E-state index in [1.165, 1.54) is 6.33 Å². The van der Waals surface area contributed by atoms with Gasteiger partial charge in [-0.15, -0.1) is 0 Å². The van der Waals surface area contributed by atoms with Crippen LogP contribution in [0.5, 0.6) is 5.75 Å². The highest BCUT2D eigenvalue weighted by atomic mass is 35.5. The number of carbonyl (C=O) groups excluding carboxylic acids is 1. The summed E-state index contributed by atoms with van der Waals surface area (Å²) in [6, 6.07) is 15.4. The van der Waals surface area contributed by atoms with Gasteiger partial charge in [-0.1, -0.05) is 41.9 Å². The van der Waals surface area contributed by atoms with Gasteiger partial charge < -0.3 is 4.74 Å². The molecular weight excluding hydrogens is 388 g/mol. The summed E-state index contributed by atoms with van der Waals surface area (Å²) in [5.74, 6) is 1.57. The zero-order valence-electron chi connectivity index (χ0n) is 16.0. The van der Waals surface area contributed by atoms with Gasteiger partial charge in [-0.25, -0.2) is 4.68 Å². The van der Waals surface area contributed by atoms with Gasteiger partial charge in [-0.05, 0) is 48.6 Å². The number of nitrogens with zero attached hydrogens (tertiary/aromatic N) is 4. The molecule has 0 bridgehead atoms. The van der Waals surface area contributed by atoms with Gasteiger partial charge in [0, 0.05) is 10.9 Å². The molecule has 2 aliphatic rings. The number of benzene rings is 2. The molecule has 1 amide bonds. The van der Waals surface area contributed by atoms with Crippen LogP contribution in [-0.2, 0) is 4.79 Å². The van der Waals surface area contributed by atoms with E-state index >= 15 is 0 Å². The van der Waals surface area contributed by atoms with E-state index in [2.05, 4.69) is 10.1 Å². The molecular formula is C22H21ClN4O2. The van der Waals surface area contributed by atoms with Crippen LogP contribution < -0.4 is 9.64 Å². The second-order valence-electron chi connectivity index (χ2n) is 7.55. The summed E-state index contributed by atoms with van der Waals surface area (Å²) in [7, 11) is 1.65. The van der Waals surface area contributed by atoms with Crippen LogP contribution in [0.15, 0.2) is 54.9 Å². The SMILES string of the molecule is COc1ccc([C@H]2C[C@H](c3ccccc3Cl)n3ncnc3N2C(=O)C2CC2)cc1. The molecule has 29 heavy (non-hydrogen) atoms. The minimum Gasteiger partial charge on any atom is -0.497 e. The number of hydrogen-bond donors (Lipinski definition) is 0. The fraction of sp³-hybridized carbons (Fsp3) is 0.318. The molecule has 1 fully saturated rings. The molecule has 148 valence electrons. The van der Waals surface area contributed by atoms with Crippen LogP contribution in [-0.4, -0.2) is 27.8 Å². The highest BCUT2D eigenvalue weighted by molar-refractivity contribution is 6.31. The first-order valence-corrected chi connectivity index (χ1v) is 10.2. The molecule has 6 nitrogen and oxygen atoms in total. The second-order valence-corrected chi connectivity index (χ2v) is 7.96. The summed E-state index contributed by atoms with van der Waals surface area (Å²) in [5, 5.41) is 5.15. The molecule has 0 N–H and O–H groups in total. The molecule has 1 aliphatic heterocycles. The Kier molecular flexibility index (Phi) is 4.51. The van der Waals surface area contributed by atoms with Crippen molar-refractivity contribution in [1.29, 1.82) is 0 Å². The average Bonchev–Trinajstić information content (AvgIpc) is 3.49. The van der Waals surface area contributed by atoms with Gasteiger partial charge in [0.25, 0.3) is 0 Å². The van der Waals surface area contributed by atoms with Crippen molar-refractivity contribution < 1.29 is 9.53 Å². The Hall–Kier alpha value is -2.86. The molecule has 7 heteroatoms.